The average molecular weight is 413 g/mol. The van der Waals surface area contributed by atoms with Crippen LogP contribution >= 0.6 is 11.3 Å². The molecule has 0 saturated heterocycles. The number of aromatic nitrogens is 1. The standard InChI is InChI=1S/C20H19N3O5S/c1-4-15(19(25)28-3)22-16-11-14(23(26)27)9-10-17(16)29-20(22)21-18(24)13-7-5-12(2)6-8-13/h5-11,15H,4H2,1-3H3. The second-order valence-electron chi connectivity index (χ2n) is 6.39. The Kier molecular flexibility index (Phi) is 5.88. The Hall–Kier alpha value is -3.33. The van der Waals surface area contributed by atoms with Gasteiger partial charge in [0.05, 0.1) is 22.2 Å². The number of aryl methyl sites for hydroxylation is 1. The van der Waals surface area contributed by atoms with Gasteiger partial charge >= 0.3 is 5.97 Å². The third kappa shape index (κ3) is 4.09. The molecule has 8 nitrogen and oxygen atoms in total. The highest BCUT2D eigenvalue weighted by molar-refractivity contribution is 7.16. The number of nitro groups is 1. The van der Waals surface area contributed by atoms with Crippen LogP contribution in [0.5, 0.6) is 0 Å². The van der Waals surface area contributed by atoms with Gasteiger partial charge in [-0.2, -0.15) is 4.99 Å². The summed E-state index contributed by atoms with van der Waals surface area (Å²) in [6.45, 7) is 3.71. The molecule has 1 aromatic heterocycles. The zero-order chi connectivity index (χ0) is 21.1. The van der Waals surface area contributed by atoms with E-state index < -0.39 is 22.8 Å². The maximum absolute atomic E-state index is 12.7. The van der Waals surface area contributed by atoms with Crippen molar-refractivity contribution in [2.45, 2.75) is 26.3 Å². The van der Waals surface area contributed by atoms with Gasteiger partial charge in [-0.25, -0.2) is 4.79 Å². The number of esters is 1. The lowest BCUT2D eigenvalue weighted by Crippen LogP contribution is -2.28. The van der Waals surface area contributed by atoms with Gasteiger partial charge in [0.25, 0.3) is 11.6 Å². The van der Waals surface area contributed by atoms with Crippen LogP contribution in [0, 0.1) is 17.0 Å². The van der Waals surface area contributed by atoms with E-state index in [1.165, 1.54) is 30.6 Å². The number of thiazole rings is 1. The molecule has 1 unspecified atom stereocenters. The van der Waals surface area contributed by atoms with Crippen molar-refractivity contribution in [3.63, 3.8) is 0 Å². The van der Waals surface area contributed by atoms with Crippen LogP contribution in [0.4, 0.5) is 5.69 Å². The van der Waals surface area contributed by atoms with E-state index >= 15 is 0 Å². The fourth-order valence-electron chi connectivity index (χ4n) is 2.96. The summed E-state index contributed by atoms with van der Waals surface area (Å²) in [7, 11) is 1.27. The monoisotopic (exact) mass is 413 g/mol. The summed E-state index contributed by atoms with van der Waals surface area (Å²) in [5.74, 6) is -0.970. The van der Waals surface area contributed by atoms with E-state index in [0.717, 1.165) is 5.56 Å². The summed E-state index contributed by atoms with van der Waals surface area (Å²) < 4.78 is 7.12. The van der Waals surface area contributed by atoms with Gasteiger partial charge in [-0.15, -0.1) is 0 Å². The van der Waals surface area contributed by atoms with E-state index in [9.17, 15) is 19.7 Å². The Balaban J connectivity index is 2.25. The summed E-state index contributed by atoms with van der Waals surface area (Å²) in [5.41, 5.74) is 1.77. The summed E-state index contributed by atoms with van der Waals surface area (Å²) in [5, 5.41) is 11.2. The van der Waals surface area contributed by atoms with Gasteiger partial charge in [0.2, 0.25) is 0 Å². The highest BCUT2D eigenvalue weighted by atomic mass is 32.1. The van der Waals surface area contributed by atoms with Gasteiger partial charge in [-0.05, 0) is 31.5 Å². The number of benzene rings is 2. The van der Waals surface area contributed by atoms with Crippen molar-refractivity contribution in [1.29, 1.82) is 0 Å². The summed E-state index contributed by atoms with van der Waals surface area (Å²) in [4.78, 5) is 40.2. The van der Waals surface area contributed by atoms with E-state index in [1.807, 2.05) is 19.1 Å². The van der Waals surface area contributed by atoms with Gasteiger partial charge in [0.1, 0.15) is 6.04 Å². The second-order valence-corrected chi connectivity index (χ2v) is 7.40. The molecule has 0 aliphatic rings. The van der Waals surface area contributed by atoms with Gasteiger partial charge < -0.3 is 9.30 Å². The van der Waals surface area contributed by atoms with Crippen LogP contribution in [0.2, 0.25) is 0 Å². The van der Waals surface area contributed by atoms with Gasteiger partial charge in [0, 0.05) is 17.7 Å². The summed E-state index contributed by atoms with van der Waals surface area (Å²) in [6, 6.07) is 10.6. The van der Waals surface area contributed by atoms with Crippen LogP contribution in [0.1, 0.15) is 35.3 Å². The first-order valence-corrected chi connectivity index (χ1v) is 9.70. The topological polar surface area (TPSA) is 104 Å². The molecular formula is C20H19N3O5S. The van der Waals surface area contributed by atoms with Crippen LogP contribution in [0.3, 0.4) is 0 Å². The van der Waals surface area contributed by atoms with Crippen LogP contribution in [-0.2, 0) is 9.53 Å². The van der Waals surface area contributed by atoms with Crippen molar-refractivity contribution in [2.75, 3.05) is 7.11 Å². The molecule has 0 bridgehead atoms. The number of nitro benzene ring substituents is 1. The molecule has 0 fully saturated rings. The zero-order valence-electron chi connectivity index (χ0n) is 16.1. The van der Waals surface area contributed by atoms with E-state index in [2.05, 4.69) is 4.99 Å². The third-order valence-corrected chi connectivity index (χ3v) is 5.52. The number of amides is 1. The molecule has 29 heavy (non-hydrogen) atoms. The molecule has 0 N–H and O–H groups in total. The average Bonchev–Trinajstić information content (AvgIpc) is 3.05. The lowest BCUT2D eigenvalue weighted by molar-refractivity contribution is -0.384. The van der Waals surface area contributed by atoms with Crippen molar-refractivity contribution < 1.29 is 19.2 Å². The Morgan fingerprint density at radius 1 is 1.24 bits per heavy atom. The number of fused-ring (bicyclic) bond motifs is 1. The Morgan fingerprint density at radius 3 is 2.52 bits per heavy atom. The molecule has 0 aliphatic carbocycles. The number of rotatable bonds is 5. The minimum Gasteiger partial charge on any atom is -0.467 e. The predicted molar refractivity (Wildman–Crippen MR) is 109 cm³/mol. The SMILES string of the molecule is CCC(C(=O)OC)n1c(=NC(=O)c2ccc(C)cc2)sc2ccc([N+](=O)[O-])cc21. The molecule has 9 heteroatoms. The van der Waals surface area contributed by atoms with Crippen LogP contribution in [0.25, 0.3) is 10.2 Å². The normalized spacial score (nSPS) is 12.7. The van der Waals surface area contributed by atoms with Crippen molar-refractivity contribution in [3.8, 4) is 0 Å². The number of hydrogen-bond acceptors (Lipinski definition) is 6. The van der Waals surface area contributed by atoms with E-state index in [0.29, 0.717) is 22.2 Å². The van der Waals surface area contributed by atoms with Crippen molar-refractivity contribution in [3.05, 3.63) is 68.5 Å². The van der Waals surface area contributed by atoms with Crippen LogP contribution in [-0.4, -0.2) is 28.5 Å². The fourth-order valence-corrected chi connectivity index (χ4v) is 4.01. The molecule has 0 aliphatic heterocycles. The second kappa shape index (κ2) is 8.36. The maximum Gasteiger partial charge on any atom is 0.328 e. The Morgan fingerprint density at radius 2 is 1.93 bits per heavy atom. The Bertz CT molecular complexity index is 1160. The molecule has 150 valence electrons. The van der Waals surface area contributed by atoms with Crippen LogP contribution in [0.15, 0.2) is 47.5 Å². The molecule has 3 aromatic rings. The minimum absolute atomic E-state index is 0.111. The molecule has 3 rings (SSSR count). The number of methoxy groups -OCH3 is 1. The number of carbonyl (C=O) groups is 2. The maximum atomic E-state index is 12.7. The number of ether oxygens (including phenoxy) is 1. The van der Waals surface area contributed by atoms with E-state index in [1.54, 1.807) is 29.7 Å². The molecule has 0 radical (unpaired) electrons. The van der Waals surface area contributed by atoms with Gasteiger partial charge in [0.15, 0.2) is 4.80 Å². The third-order valence-electron chi connectivity index (χ3n) is 4.49. The quantitative estimate of drug-likeness (QED) is 0.360. The summed E-state index contributed by atoms with van der Waals surface area (Å²) in [6.07, 6.45) is 0.368. The molecular weight excluding hydrogens is 394 g/mol. The molecule has 0 spiro atoms. The molecule has 1 amide bonds. The number of hydrogen-bond donors (Lipinski definition) is 0. The number of non-ortho nitro benzene ring substituents is 1. The molecule has 1 atom stereocenters. The highest BCUT2D eigenvalue weighted by Crippen LogP contribution is 2.27. The van der Waals surface area contributed by atoms with E-state index in [4.69, 9.17) is 4.74 Å². The Labute approximate surface area is 170 Å². The fraction of sp³-hybridized carbons (Fsp3) is 0.250. The van der Waals surface area contributed by atoms with Crippen molar-refractivity contribution >= 4 is 39.1 Å². The first kappa shape index (κ1) is 20.4. The van der Waals surface area contributed by atoms with Crippen molar-refractivity contribution in [1.82, 2.24) is 4.57 Å². The largest absolute Gasteiger partial charge is 0.467 e. The number of nitrogens with zero attached hydrogens (tertiary/aromatic N) is 3. The first-order valence-electron chi connectivity index (χ1n) is 8.88. The lowest BCUT2D eigenvalue weighted by atomic mass is 10.1. The highest BCUT2D eigenvalue weighted by Gasteiger charge is 2.24. The van der Waals surface area contributed by atoms with E-state index in [-0.39, 0.29) is 10.5 Å². The first-order chi connectivity index (χ1) is 13.8. The molecule has 1 heterocycles. The van der Waals surface area contributed by atoms with Crippen molar-refractivity contribution in [2.24, 2.45) is 4.99 Å². The predicted octanol–water partition coefficient (Wildman–Crippen LogP) is 3.78. The minimum atomic E-state index is -0.764. The summed E-state index contributed by atoms with van der Waals surface area (Å²) >= 11 is 1.19. The molecule has 0 saturated carbocycles. The zero-order valence-corrected chi connectivity index (χ0v) is 16.9. The number of carbonyl (C=O) groups excluding carboxylic acids is 2. The van der Waals surface area contributed by atoms with Crippen LogP contribution < -0.4 is 4.80 Å². The lowest BCUT2D eigenvalue weighted by Gasteiger charge is -2.15. The smallest absolute Gasteiger partial charge is 0.328 e. The molecule has 2 aromatic carbocycles. The van der Waals surface area contributed by atoms with Gasteiger partial charge in [-0.3, -0.25) is 14.9 Å². The van der Waals surface area contributed by atoms with Gasteiger partial charge in [-0.1, -0.05) is 36.0 Å².